The van der Waals surface area contributed by atoms with E-state index in [1.165, 1.54) is 32.1 Å². The summed E-state index contributed by atoms with van der Waals surface area (Å²) in [7, 11) is 0. The van der Waals surface area contributed by atoms with Gasteiger partial charge in [0.2, 0.25) is 0 Å². The zero-order valence-corrected chi connectivity index (χ0v) is 15.3. The van der Waals surface area contributed by atoms with Gasteiger partial charge in [-0.25, -0.2) is 0 Å². The average Bonchev–Trinajstić information content (AvgIpc) is 2.48. The molecule has 0 radical (unpaired) electrons. The van der Waals surface area contributed by atoms with Gasteiger partial charge in [0.25, 0.3) is 0 Å². The first-order valence-electron chi connectivity index (χ1n) is 8.28. The van der Waals surface area contributed by atoms with Crippen LogP contribution in [0.4, 0.5) is 0 Å². The zero-order valence-electron chi connectivity index (χ0n) is 13.6. The molecule has 1 aliphatic carbocycles. The summed E-state index contributed by atoms with van der Waals surface area (Å²) in [5.74, 6) is 2.28. The topological polar surface area (TPSA) is 18.5 Å². The second-order valence-corrected chi connectivity index (χ2v) is 11.3. The van der Waals surface area contributed by atoms with Gasteiger partial charge in [-0.1, -0.05) is 34.1 Å². The summed E-state index contributed by atoms with van der Waals surface area (Å²) in [6.07, 6.45) is 7.61. The molecular weight excluding hydrogens is 287 g/mol. The lowest BCUT2D eigenvalue weighted by Gasteiger charge is -2.42. The summed E-state index contributed by atoms with van der Waals surface area (Å²) in [5.41, 5.74) is 0.508. The van der Waals surface area contributed by atoms with Crippen LogP contribution in [0.25, 0.3) is 0 Å². The average molecular weight is 318 g/mol. The van der Waals surface area contributed by atoms with Gasteiger partial charge >= 0.3 is 0 Å². The van der Waals surface area contributed by atoms with Crippen molar-refractivity contribution in [2.75, 3.05) is 19.4 Å². The van der Waals surface area contributed by atoms with E-state index in [4.69, 9.17) is 20.9 Å². The summed E-state index contributed by atoms with van der Waals surface area (Å²) in [6, 6.07) is 0. The summed E-state index contributed by atoms with van der Waals surface area (Å²) >= 11 is 5.46. The van der Waals surface area contributed by atoms with Gasteiger partial charge in [-0.2, -0.15) is 0 Å². The highest BCUT2D eigenvalue weighted by Crippen LogP contribution is 2.53. The second-order valence-electron chi connectivity index (χ2n) is 7.23. The summed E-state index contributed by atoms with van der Waals surface area (Å²) in [6.45, 7) is 9.07. The van der Waals surface area contributed by atoms with E-state index in [1.807, 2.05) is 0 Å². The van der Waals surface area contributed by atoms with Crippen LogP contribution >= 0.6 is 6.49 Å². The predicted molar refractivity (Wildman–Crippen MR) is 89.7 cm³/mol. The van der Waals surface area contributed by atoms with Crippen LogP contribution in [-0.2, 0) is 20.9 Å². The Morgan fingerprint density at radius 3 is 2.00 bits per heavy atom. The van der Waals surface area contributed by atoms with Gasteiger partial charge in [-0.05, 0) is 54.7 Å². The molecule has 0 spiro atoms. The van der Waals surface area contributed by atoms with E-state index in [0.29, 0.717) is 11.3 Å². The van der Waals surface area contributed by atoms with Crippen molar-refractivity contribution in [3.63, 3.8) is 0 Å². The van der Waals surface area contributed by atoms with E-state index in [1.54, 1.807) is 0 Å². The molecule has 0 N–H and O–H groups in total. The molecule has 0 aromatic heterocycles. The highest BCUT2D eigenvalue weighted by molar-refractivity contribution is 8.09. The Morgan fingerprint density at radius 1 is 1.00 bits per heavy atom. The molecule has 0 aromatic rings. The minimum atomic E-state index is -1.89. The Labute approximate surface area is 130 Å². The zero-order chi connectivity index (χ0) is 14.8. The molecule has 4 heteroatoms. The van der Waals surface area contributed by atoms with Crippen LogP contribution in [-0.4, -0.2) is 19.4 Å². The molecule has 1 saturated heterocycles. The molecule has 2 aliphatic rings. The maximum Gasteiger partial charge on any atom is 0.188 e. The van der Waals surface area contributed by atoms with Gasteiger partial charge in [-0.3, -0.25) is 0 Å². The van der Waals surface area contributed by atoms with Gasteiger partial charge in [-0.15, -0.1) is 0 Å². The quantitative estimate of drug-likeness (QED) is 0.662. The lowest BCUT2D eigenvalue weighted by Crippen LogP contribution is -2.34. The third-order valence-corrected chi connectivity index (χ3v) is 9.08. The molecular formula is C16H31O2PS. The van der Waals surface area contributed by atoms with Crippen molar-refractivity contribution in [2.24, 2.45) is 23.2 Å². The van der Waals surface area contributed by atoms with E-state index >= 15 is 0 Å². The first-order valence-corrected chi connectivity index (χ1v) is 11.1. The summed E-state index contributed by atoms with van der Waals surface area (Å²) < 4.78 is 11.8. The highest BCUT2D eigenvalue weighted by atomic mass is 32.5. The van der Waals surface area contributed by atoms with Crippen molar-refractivity contribution in [2.45, 2.75) is 59.8 Å². The lowest BCUT2D eigenvalue weighted by atomic mass is 9.66. The summed E-state index contributed by atoms with van der Waals surface area (Å²) in [4.78, 5) is 0. The van der Waals surface area contributed by atoms with Gasteiger partial charge in [0.05, 0.1) is 13.2 Å². The van der Waals surface area contributed by atoms with Gasteiger partial charge in [0, 0.05) is 12.1 Å². The largest absolute Gasteiger partial charge is 0.329 e. The molecule has 1 saturated carbocycles. The van der Waals surface area contributed by atoms with E-state index in [-0.39, 0.29) is 0 Å². The van der Waals surface area contributed by atoms with Crippen molar-refractivity contribution in [1.82, 2.24) is 0 Å². The van der Waals surface area contributed by atoms with Crippen molar-refractivity contribution >= 4 is 18.3 Å². The van der Waals surface area contributed by atoms with Crippen LogP contribution in [0.3, 0.4) is 0 Å². The van der Waals surface area contributed by atoms with E-state index in [0.717, 1.165) is 31.2 Å². The van der Waals surface area contributed by atoms with E-state index in [2.05, 4.69) is 27.7 Å². The normalized spacial score (nSPS) is 39.7. The molecule has 0 unspecified atom stereocenters. The second kappa shape index (κ2) is 6.77. The molecule has 0 amide bonds. The maximum atomic E-state index is 5.90. The molecule has 0 bridgehead atoms. The number of hydrogen-bond donors (Lipinski definition) is 0. The first-order chi connectivity index (χ1) is 9.40. The van der Waals surface area contributed by atoms with Crippen LogP contribution < -0.4 is 0 Å². The molecule has 0 atom stereocenters. The van der Waals surface area contributed by atoms with Crippen LogP contribution in [0, 0.1) is 23.2 Å². The Balaban J connectivity index is 1.82. The fraction of sp³-hybridized carbons (Fsp3) is 1.00. The fourth-order valence-corrected chi connectivity index (χ4v) is 5.26. The third kappa shape index (κ3) is 3.85. The van der Waals surface area contributed by atoms with Crippen LogP contribution in [0.15, 0.2) is 0 Å². The fourth-order valence-electron chi connectivity index (χ4n) is 3.62. The standard InChI is InChI=1S/C16H31O2PS/c1-5-16(3,4)15-9-7-13(8-10-15)14-11-17-19(20,6-2)18-12-14/h13-15H,5-12H2,1-4H3. The molecule has 2 nitrogen and oxygen atoms in total. The van der Waals surface area contributed by atoms with Crippen LogP contribution in [0.2, 0.25) is 0 Å². The van der Waals surface area contributed by atoms with E-state index in [9.17, 15) is 0 Å². The molecule has 2 fully saturated rings. The molecule has 0 aromatic carbocycles. The Morgan fingerprint density at radius 2 is 1.55 bits per heavy atom. The first kappa shape index (κ1) is 16.9. The van der Waals surface area contributed by atoms with Crippen LogP contribution in [0.5, 0.6) is 0 Å². The van der Waals surface area contributed by atoms with Gasteiger partial charge < -0.3 is 9.05 Å². The molecule has 1 heterocycles. The van der Waals surface area contributed by atoms with Crippen molar-refractivity contribution < 1.29 is 9.05 Å². The van der Waals surface area contributed by atoms with Crippen molar-refractivity contribution in [1.29, 1.82) is 0 Å². The predicted octanol–water partition coefficient (Wildman–Crippen LogP) is 5.22. The number of hydrogen-bond acceptors (Lipinski definition) is 3. The lowest BCUT2D eigenvalue weighted by molar-refractivity contribution is 0.0426. The third-order valence-electron chi connectivity index (χ3n) is 5.81. The van der Waals surface area contributed by atoms with Crippen molar-refractivity contribution in [3.05, 3.63) is 0 Å². The molecule has 1 aliphatic heterocycles. The van der Waals surface area contributed by atoms with Gasteiger partial charge in [0.15, 0.2) is 6.49 Å². The minimum absolute atomic E-state index is 0.508. The SMILES string of the molecule is CCC(C)(C)C1CCC(C2COP(=S)(CC)OC2)CC1. The van der Waals surface area contributed by atoms with Gasteiger partial charge in [0.1, 0.15) is 0 Å². The monoisotopic (exact) mass is 318 g/mol. The molecule has 118 valence electrons. The Hall–Kier alpha value is 0.570. The number of rotatable bonds is 4. The maximum absolute atomic E-state index is 5.90. The van der Waals surface area contributed by atoms with Crippen LogP contribution in [0.1, 0.15) is 59.8 Å². The minimum Gasteiger partial charge on any atom is -0.329 e. The highest BCUT2D eigenvalue weighted by Gasteiger charge is 2.37. The summed E-state index contributed by atoms with van der Waals surface area (Å²) in [5, 5.41) is 0. The van der Waals surface area contributed by atoms with Crippen molar-refractivity contribution in [3.8, 4) is 0 Å². The Kier molecular flexibility index (Phi) is 5.73. The smallest absolute Gasteiger partial charge is 0.188 e. The molecule has 20 heavy (non-hydrogen) atoms. The van der Waals surface area contributed by atoms with E-state index < -0.39 is 6.49 Å². The Bertz CT molecular complexity index is 349. The molecule has 2 rings (SSSR count).